The van der Waals surface area contributed by atoms with Gasteiger partial charge in [0, 0.05) is 0 Å². The number of hydrogen-bond acceptors (Lipinski definition) is 5. The van der Waals surface area contributed by atoms with Crippen molar-refractivity contribution in [3.05, 3.63) is 90.0 Å². The summed E-state index contributed by atoms with van der Waals surface area (Å²) in [7, 11) is -3.76. The third kappa shape index (κ3) is 4.68. The predicted molar refractivity (Wildman–Crippen MR) is 125 cm³/mol. The number of sulfone groups is 1. The van der Waals surface area contributed by atoms with Gasteiger partial charge in [-0.25, -0.2) is 13.4 Å². The Kier molecular flexibility index (Phi) is 6.15. The number of aryl methyl sites for hydroxylation is 1. The molecule has 0 bridgehead atoms. The van der Waals surface area contributed by atoms with Crippen LogP contribution in [0.4, 0.5) is 5.13 Å². The van der Waals surface area contributed by atoms with E-state index in [4.69, 9.17) is 4.98 Å². The number of para-hydroxylation sites is 1. The zero-order valence-corrected chi connectivity index (χ0v) is 18.7. The van der Waals surface area contributed by atoms with Crippen LogP contribution in [-0.4, -0.2) is 25.1 Å². The molecule has 0 radical (unpaired) electrons. The van der Waals surface area contributed by atoms with Gasteiger partial charge in [0.2, 0.25) is 5.91 Å². The van der Waals surface area contributed by atoms with Crippen molar-refractivity contribution in [2.24, 2.45) is 0 Å². The van der Waals surface area contributed by atoms with E-state index in [1.807, 2.05) is 48.5 Å². The van der Waals surface area contributed by atoms with E-state index in [1.165, 1.54) is 28.4 Å². The third-order valence-corrected chi connectivity index (χ3v) is 7.66. The summed E-state index contributed by atoms with van der Waals surface area (Å²) in [6.07, 6.45) is 0.829. The molecule has 0 N–H and O–H groups in total. The van der Waals surface area contributed by atoms with Crippen LogP contribution >= 0.6 is 11.3 Å². The number of hydrogen-bond donors (Lipinski definition) is 0. The number of nitrogens with zero attached hydrogens (tertiary/aromatic N) is 2. The Hall–Kier alpha value is -3.03. The van der Waals surface area contributed by atoms with Gasteiger partial charge in [-0.3, -0.25) is 9.69 Å². The first-order valence-corrected chi connectivity index (χ1v) is 12.5. The topological polar surface area (TPSA) is 67.3 Å². The molecule has 0 unspecified atom stereocenters. The Morgan fingerprint density at radius 2 is 1.61 bits per heavy atom. The fourth-order valence-electron chi connectivity index (χ4n) is 3.37. The molecule has 0 atom stereocenters. The van der Waals surface area contributed by atoms with Crippen molar-refractivity contribution in [3.63, 3.8) is 0 Å². The number of amides is 1. The highest BCUT2D eigenvalue weighted by molar-refractivity contribution is 7.92. The first kappa shape index (κ1) is 21.2. The van der Waals surface area contributed by atoms with Gasteiger partial charge in [-0.15, -0.1) is 0 Å². The van der Waals surface area contributed by atoms with E-state index >= 15 is 0 Å². The van der Waals surface area contributed by atoms with Crippen LogP contribution in [-0.2, 0) is 27.6 Å². The Bertz CT molecular complexity index is 1300. The summed E-state index contributed by atoms with van der Waals surface area (Å²) in [5, 5.41) is 0.507. The lowest BCUT2D eigenvalue weighted by atomic mass is 10.1. The van der Waals surface area contributed by atoms with Crippen molar-refractivity contribution in [3.8, 4) is 0 Å². The SMILES string of the molecule is CCc1cccc2sc(N(Cc3ccccc3)C(=O)CS(=O)(=O)c3ccccc3)nc12. The van der Waals surface area contributed by atoms with Crippen molar-refractivity contribution < 1.29 is 13.2 Å². The number of carbonyl (C=O) groups excluding carboxylic acids is 1. The standard InChI is InChI=1S/C24H22N2O3S2/c1-2-19-12-9-15-21-23(19)25-24(30-21)26(16-18-10-5-3-6-11-18)22(27)17-31(28,29)20-13-7-4-8-14-20/h3-15H,2,16-17H2,1H3. The van der Waals surface area contributed by atoms with Gasteiger partial charge in [-0.05, 0) is 35.7 Å². The maximum Gasteiger partial charge on any atom is 0.244 e. The Balaban J connectivity index is 1.72. The molecular formula is C24H22N2O3S2. The molecule has 1 amide bonds. The summed E-state index contributed by atoms with van der Waals surface area (Å²) in [5.74, 6) is -1.11. The molecule has 0 fully saturated rings. The van der Waals surface area contributed by atoms with E-state index in [-0.39, 0.29) is 11.4 Å². The lowest BCUT2D eigenvalue weighted by Crippen LogP contribution is -2.35. The molecule has 158 valence electrons. The molecule has 4 rings (SSSR count). The molecule has 0 aliphatic heterocycles. The Morgan fingerprint density at radius 1 is 0.935 bits per heavy atom. The summed E-state index contributed by atoms with van der Waals surface area (Å²) < 4.78 is 26.7. The zero-order valence-electron chi connectivity index (χ0n) is 17.1. The van der Waals surface area contributed by atoms with Crippen LogP contribution < -0.4 is 4.90 Å². The molecule has 0 aliphatic carbocycles. The third-order valence-electron chi connectivity index (χ3n) is 5.00. The summed E-state index contributed by atoms with van der Waals surface area (Å²) in [5.41, 5.74) is 2.87. The number of aromatic nitrogens is 1. The van der Waals surface area contributed by atoms with E-state index < -0.39 is 21.5 Å². The number of anilines is 1. The summed E-state index contributed by atoms with van der Waals surface area (Å²) in [4.78, 5) is 19.6. The van der Waals surface area contributed by atoms with Crippen molar-refractivity contribution >= 4 is 42.4 Å². The number of thiazole rings is 1. The van der Waals surface area contributed by atoms with Crippen LogP contribution in [0.2, 0.25) is 0 Å². The van der Waals surface area contributed by atoms with Crippen LogP contribution in [0.25, 0.3) is 10.2 Å². The van der Waals surface area contributed by atoms with Gasteiger partial charge in [0.25, 0.3) is 0 Å². The van der Waals surface area contributed by atoms with Gasteiger partial charge < -0.3 is 0 Å². The van der Waals surface area contributed by atoms with Crippen LogP contribution in [0, 0.1) is 0 Å². The molecule has 0 saturated carbocycles. The van der Waals surface area contributed by atoms with Gasteiger partial charge in [0.1, 0.15) is 5.75 Å². The quantitative estimate of drug-likeness (QED) is 0.403. The largest absolute Gasteiger partial charge is 0.283 e. The van der Waals surface area contributed by atoms with Gasteiger partial charge in [0.15, 0.2) is 15.0 Å². The number of fused-ring (bicyclic) bond motifs is 1. The highest BCUT2D eigenvalue weighted by Gasteiger charge is 2.27. The maximum absolute atomic E-state index is 13.3. The van der Waals surface area contributed by atoms with Gasteiger partial charge >= 0.3 is 0 Å². The average Bonchev–Trinajstić information content (AvgIpc) is 3.22. The van der Waals surface area contributed by atoms with Crippen molar-refractivity contribution in [2.45, 2.75) is 24.8 Å². The first-order valence-electron chi connectivity index (χ1n) is 9.98. The minimum absolute atomic E-state index is 0.139. The molecule has 31 heavy (non-hydrogen) atoms. The molecular weight excluding hydrogens is 428 g/mol. The maximum atomic E-state index is 13.3. The van der Waals surface area contributed by atoms with E-state index in [9.17, 15) is 13.2 Å². The molecule has 1 aromatic heterocycles. The second-order valence-corrected chi connectivity index (χ2v) is 10.2. The number of benzene rings is 3. The second-order valence-electron chi connectivity index (χ2n) is 7.15. The molecule has 1 heterocycles. The molecule has 0 aliphatic rings. The second kappa shape index (κ2) is 8.99. The molecule has 4 aromatic rings. The first-order chi connectivity index (χ1) is 15.0. The summed E-state index contributed by atoms with van der Waals surface area (Å²) in [6, 6.07) is 23.6. The van der Waals surface area contributed by atoms with Crippen LogP contribution in [0.3, 0.4) is 0 Å². The van der Waals surface area contributed by atoms with E-state index in [1.54, 1.807) is 18.2 Å². The van der Waals surface area contributed by atoms with Crippen LogP contribution in [0.15, 0.2) is 83.8 Å². The van der Waals surface area contributed by atoms with Gasteiger partial charge in [0.05, 0.1) is 21.7 Å². The zero-order chi connectivity index (χ0) is 21.8. The van der Waals surface area contributed by atoms with E-state index in [2.05, 4.69) is 6.92 Å². The molecule has 7 heteroatoms. The van der Waals surface area contributed by atoms with Gasteiger partial charge in [-0.1, -0.05) is 78.9 Å². The minimum atomic E-state index is -3.76. The normalized spacial score (nSPS) is 11.5. The highest BCUT2D eigenvalue weighted by atomic mass is 32.2. The molecule has 5 nitrogen and oxygen atoms in total. The van der Waals surface area contributed by atoms with Crippen LogP contribution in [0.1, 0.15) is 18.1 Å². The summed E-state index contributed by atoms with van der Waals surface area (Å²) >= 11 is 1.40. The molecule has 3 aromatic carbocycles. The Morgan fingerprint density at radius 3 is 2.29 bits per heavy atom. The smallest absolute Gasteiger partial charge is 0.244 e. The molecule has 0 saturated heterocycles. The van der Waals surface area contributed by atoms with Crippen molar-refractivity contribution in [2.75, 3.05) is 10.7 Å². The number of carbonyl (C=O) groups is 1. The lowest BCUT2D eigenvalue weighted by Gasteiger charge is -2.20. The van der Waals surface area contributed by atoms with Gasteiger partial charge in [-0.2, -0.15) is 0 Å². The van der Waals surface area contributed by atoms with Crippen LogP contribution in [0.5, 0.6) is 0 Å². The lowest BCUT2D eigenvalue weighted by molar-refractivity contribution is -0.116. The fourth-order valence-corrected chi connectivity index (χ4v) is 5.62. The number of rotatable bonds is 7. The highest BCUT2D eigenvalue weighted by Crippen LogP contribution is 2.32. The minimum Gasteiger partial charge on any atom is -0.283 e. The Labute approximate surface area is 185 Å². The van der Waals surface area contributed by atoms with E-state index in [0.29, 0.717) is 5.13 Å². The monoisotopic (exact) mass is 450 g/mol. The van der Waals surface area contributed by atoms with E-state index in [0.717, 1.165) is 27.8 Å². The average molecular weight is 451 g/mol. The predicted octanol–water partition coefficient (Wildman–Crippen LogP) is 4.87. The molecule has 0 spiro atoms. The van der Waals surface area contributed by atoms with Crippen molar-refractivity contribution in [1.29, 1.82) is 0 Å². The fraction of sp³-hybridized carbons (Fsp3) is 0.167. The van der Waals surface area contributed by atoms with Crippen molar-refractivity contribution in [1.82, 2.24) is 4.98 Å². The summed E-state index contributed by atoms with van der Waals surface area (Å²) in [6.45, 7) is 2.32.